The smallest absolute Gasteiger partial charge is 0.251 e. The van der Waals surface area contributed by atoms with Crippen molar-refractivity contribution < 1.29 is 9.18 Å². The van der Waals surface area contributed by atoms with Crippen LogP contribution in [0.3, 0.4) is 0 Å². The number of hydrogen-bond donors (Lipinski definition) is 1. The molecule has 1 aromatic rings. The second-order valence-electron chi connectivity index (χ2n) is 3.12. The third-order valence-electron chi connectivity index (χ3n) is 1.73. The minimum Gasteiger partial charge on any atom is -0.351 e. The number of benzene rings is 1. The van der Waals surface area contributed by atoms with E-state index in [1.54, 1.807) is 0 Å². The van der Waals surface area contributed by atoms with Crippen molar-refractivity contribution in [3.63, 3.8) is 0 Å². The van der Waals surface area contributed by atoms with Gasteiger partial charge in [-0.15, -0.1) is 0 Å². The Balaban J connectivity index is 2.70. The summed E-state index contributed by atoms with van der Waals surface area (Å²) < 4.78 is 13.0. The lowest BCUT2D eigenvalue weighted by molar-refractivity contribution is 0.0954. The molecule has 1 atom stereocenters. The molecule has 0 saturated heterocycles. The first kappa shape index (κ1) is 12.5. The monoisotopic (exact) mass is 293 g/mol. The molecule has 1 amide bonds. The molecule has 1 rings (SSSR count). The molecule has 0 aromatic heterocycles. The molecule has 1 aromatic carbocycles. The topological polar surface area (TPSA) is 29.1 Å². The van der Waals surface area contributed by atoms with Gasteiger partial charge >= 0.3 is 0 Å². The van der Waals surface area contributed by atoms with Crippen LogP contribution < -0.4 is 5.32 Å². The van der Waals surface area contributed by atoms with Crippen molar-refractivity contribution in [1.29, 1.82) is 0 Å². The minimum absolute atomic E-state index is 0.0143. The molecule has 0 heterocycles. The molecule has 0 saturated carbocycles. The van der Waals surface area contributed by atoms with E-state index >= 15 is 0 Å². The van der Waals surface area contributed by atoms with E-state index in [0.29, 0.717) is 6.54 Å². The highest BCUT2D eigenvalue weighted by atomic mass is 79.9. The standard InChI is InChI=1S/C10H10BrClFNO/c1-6(11)5-14-10(15)7-2-3-8(12)9(13)4-7/h2-4,6H,5H2,1H3,(H,14,15). The van der Waals surface area contributed by atoms with Gasteiger partial charge in [-0.25, -0.2) is 4.39 Å². The molecular weight excluding hydrogens is 284 g/mol. The normalized spacial score (nSPS) is 12.3. The van der Waals surface area contributed by atoms with Crippen LogP contribution in [-0.2, 0) is 0 Å². The second-order valence-corrected chi connectivity index (χ2v) is 5.09. The number of carbonyl (C=O) groups excluding carboxylic acids is 1. The molecule has 0 bridgehead atoms. The van der Waals surface area contributed by atoms with Crippen LogP contribution >= 0.6 is 27.5 Å². The second kappa shape index (κ2) is 5.47. The Kier molecular flexibility index (Phi) is 4.54. The molecule has 0 aliphatic carbocycles. The third kappa shape index (κ3) is 3.80. The summed E-state index contributed by atoms with van der Waals surface area (Å²) in [5.74, 6) is -0.895. The van der Waals surface area contributed by atoms with Gasteiger partial charge in [0.2, 0.25) is 0 Å². The van der Waals surface area contributed by atoms with Crippen molar-refractivity contribution >= 4 is 33.4 Å². The van der Waals surface area contributed by atoms with Gasteiger partial charge in [-0.3, -0.25) is 4.79 Å². The molecule has 2 nitrogen and oxygen atoms in total. The Morgan fingerprint density at radius 3 is 2.87 bits per heavy atom. The molecule has 0 fully saturated rings. The van der Waals surface area contributed by atoms with Crippen molar-refractivity contribution in [2.45, 2.75) is 11.8 Å². The fraction of sp³-hybridized carbons (Fsp3) is 0.300. The van der Waals surface area contributed by atoms with Gasteiger partial charge in [0, 0.05) is 16.9 Å². The number of hydrogen-bond acceptors (Lipinski definition) is 1. The van der Waals surface area contributed by atoms with Crippen LogP contribution in [0.2, 0.25) is 5.02 Å². The van der Waals surface area contributed by atoms with Crippen LogP contribution in [0.4, 0.5) is 4.39 Å². The Morgan fingerprint density at radius 1 is 1.67 bits per heavy atom. The van der Waals surface area contributed by atoms with E-state index in [0.717, 1.165) is 6.07 Å². The van der Waals surface area contributed by atoms with E-state index in [4.69, 9.17) is 11.6 Å². The van der Waals surface area contributed by atoms with Crippen molar-refractivity contribution in [2.24, 2.45) is 0 Å². The van der Waals surface area contributed by atoms with Gasteiger partial charge in [0.15, 0.2) is 0 Å². The van der Waals surface area contributed by atoms with E-state index in [-0.39, 0.29) is 21.3 Å². The highest BCUT2D eigenvalue weighted by Crippen LogP contribution is 2.15. The number of amides is 1. The zero-order chi connectivity index (χ0) is 11.4. The van der Waals surface area contributed by atoms with E-state index in [1.165, 1.54) is 12.1 Å². The van der Waals surface area contributed by atoms with Crippen LogP contribution in [0.25, 0.3) is 0 Å². The summed E-state index contributed by atoms with van der Waals surface area (Å²) in [6.07, 6.45) is 0. The molecule has 0 spiro atoms. The van der Waals surface area contributed by atoms with Gasteiger partial charge < -0.3 is 5.32 Å². The average Bonchev–Trinajstić information content (AvgIpc) is 2.18. The highest BCUT2D eigenvalue weighted by Gasteiger charge is 2.08. The molecule has 0 aliphatic rings. The predicted molar refractivity (Wildman–Crippen MR) is 62.1 cm³/mol. The fourth-order valence-corrected chi connectivity index (χ4v) is 1.25. The number of alkyl halides is 1. The summed E-state index contributed by atoms with van der Waals surface area (Å²) in [6.45, 7) is 2.39. The SMILES string of the molecule is CC(Br)CNC(=O)c1ccc(Cl)c(F)c1. The Hall–Kier alpha value is -0.610. The molecule has 1 N–H and O–H groups in total. The Labute approximate surface area is 101 Å². The van der Waals surface area contributed by atoms with Gasteiger partial charge in [-0.2, -0.15) is 0 Å². The maximum absolute atomic E-state index is 13.0. The summed E-state index contributed by atoms with van der Waals surface area (Å²) >= 11 is 8.79. The molecule has 82 valence electrons. The third-order valence-corrected chi connectivity index (χ3v) is 2.36. The van der Waals surface area contributed by atoms with E-state index in [9.17, 15) is 9.18 Å². The lowest BCUT2D eigenvalue weighted by Gasteiger charge is -2.06. The summed E-state index contributed by atoms with van der Waals surface area (Å²) in [4.78, 5) is 11.7. The number of nitrogens with one attached hydrogen (secondary N) is 1. The van der Waals surface area contributed by atoms with Gasteiger partial charge in [0.05, 0.1) is 5.02 Å². The highest BCUT2D eigenvalue weighted by molar-refractivity contribution is 9.09. The largest absolute Gasteiger partial charge is 0.351 e. The number of rotatable bonds is 3. The molecular formula is C10H10BrClFNO. The van der Waals surface area contributed by atoms with Crippen LogP contribution in [0.15, 0.2) is 18.2 Å². The maximum atomic E-state index is 13.0. The van der Waals surface area contributed by atoms with Gasteiger partial charge in [0.25, 0.3) is 5.91 Å². The molecule has 0 radical (unpaired) electrons. The number of halogens is 3. The Bertz CT molecular complexity index is 370. The summed E-state index contributed by atoms with van der Waals surface area (Å²) in [7, 11) is 0. The lowest BCUT2D eigenvalue weighted by Crippen LogP contribution is -2.28. The van der Waals surface area contributed by atoms with E-state index in [1.807, 2.05) is 6.92 Å². The van der Waals surface area contributed by atoms with Crippen LogP contribution in [-0.4, -0.2) is 17.3 Å². The van der Waals surface area contributed by atoms with Crippen molar-refractivity contribution in [3.8, 4) is 0 Å². The molecule has 0 aliphatic heterocycles. The first-order chi connectivity index (χ1) is 7.00. The molecule has 5 heteroatoms. The maximum Gasteiger partial charge on any atom is 0.251 e. The van der Waals surface area contributed by atoms with E-state index < -0.39 is 5.82 Å². The quantitative estimate of drug-likeness (QED) is 0.853. The zero-order valence-electron chi connectivity index (χ0n) is 8.06. The van der Waals surface area contributed by atoms with Gasteiger partial charge in [-0.1, -0.05) is 34.5 Å². The summed E-state index contributed by atoms with van der Waals surface area (Å²) in [5, 5.41) is 2.66. The van der Waals surface area contributed by atoms with Crippen LogP contribution in [0.5, 0.6) is 0 Å². The first-order valence-corrected chi connectivity index (χ1v) is 5.67. The van der Waals surface area contributed by atoms with Crippen LogP contribution in [0.1, 0.15) is 17.3 Å². The summed E-state index contributed by atoms with van der Waals surface area (Å²) in [6, 6.07) is 3.97. The van der Waals surface area contributed by atoms with Crippen molar-refractivity contribution in [1.82, 2.24) is 5.32 Å². The Morgan fingerprint density at radius 2 is 2.33 bits per heavy atom. The van der Waals surface area contributed by atoms with Crippen molar-refractivity contribution in [2.75, 3.05) is 6.54 Å². The van der Waals surface area contributed by atoms with E-state index in [2.05, 4.69) is 21.2 Å². The number of carbonyl (C=O) groups is 1. The lowest BCUT2D eigenvalue weighted by atomic mass is 10.2. The molecule has 15 heavy (non-hydrogen) atoms. The van der Waals surface area contributed by atoms with Gasteiger partial charge in [-0.05, 0) is 18.2 Å². The zero-order valence-corrected chi connectivity index (χ0v) is 10.4. The first-order valence-electron chi connectivity index (χ1n) is 4.38. The van der Waals surface area contributed by atoms with Gasteiger partial charge in [0.1, 0.15) is 5.82 Å². The minimum atomic E-state index is -0.587. The van der Waals surface area contributed by atoms with Crippen LogP contribution in [0, 0.1) is 5.82 Å². The van der Waals surface area contributed by atoms with Crippen molar-refractivity contribution in [3.05, 3.63) is 34.6 Å². The molecule has 1 unspecified atom stereocenters. The summed E-state index contributed by atoms with van der Waals surface area (Å²) in [5.41, 5.74) is 0.269. The fourth-order valence-electron chi connectivity index (χ4n) is 0.973. The predicted octanol–water partition coefficient (Wildman–Crippen LogP) is 2.99. The average molecular weight is 295 g/mol.